The Bertz CT molecular complexity index is 545. The fourth-order valence-electron chi connectivity index (χ4n) is 2.45. The van der Waals surface area contributed by atoms with Gasteiger partial charge in [-0.25, -0.2) is 8.42 Å². The molecule has 0 radical (unpaired) electrons. The summed E-state index contributed by atoms with van der Waals surface area (Å²) in [6.45, 7) is 3.75. The minimum absolute atomic E-state index is 0.111. The molecule has 0 amide bonds. The number of rotatable bonds is 6. The number of hydrogen-bond donors (Lipinski definition) is 2. The van der Waals surface area contributed by atoms with Crippen LogP contribution in [0.5, 0.6) is 0 Å². The van der Waals surface area contributed by atoms with E-state index in [0.717, 1.165) is 17.8 Å². The van der Waals surface area contributed by atoms with Crippen molar-refractivity contribution in [3.63, 3.8) is 0 Å². The van der Waals surface area contributed by atoms with Crippen LogP contribution in [0.15, 0.2) is 16.3 Å². The molecule has 120 valence electrons. The molecule has 0 saturated carbocycles. The molecule has 1 saturated heterocycles. The Labute approximate surface area is 130 Å². The molecule has 1 aliphatic heterocycles. The van der Waals surface area contributed by atoms with Crippen molar-refractivity contribution in [2.75, 3.05) is 45.9 Å². The summed E-state index contributed by atoms with van der Waals surface area (Å²) >= 11 is 1.31. The van der Waals surface area contributed by atoms with Gasteiger partial charge in [-0.2, -0.15) is 4.31 Å². The Morgan fingerprint density at radius 3 is 2.76 bits per heavy atom. The van der Waals surface area contributed by atoms with Gasteiger partial charge >= 0.3 is 0 Å². The van der Waals surface area contributed by atoms with Crippen LogP contribution >= 0.6 is 11.3 Å². The van der Waals surface area contributed by atoms with Gasteiger partial charge in [0.15, 0.2) is 0 Å². The van der Waals surface area contributed by atoms with Crippen molar-refractivity contribution in [3.05, 3.63) is 17.0 Å². The molecule has 0 unspecified atom stereocenters. The number of nitrogens with two attached hydrogens (primary N) is 1. The van der Waals surface area contributed by atoms with Gasteiger partial charge < -0.3 is 10.8 Å². The molecule has 3 N–H and O–H groups in total. The summed E-state index contributed by atoms with van der Waals surface area (Å²) in [5, 5.41) is 8.99. The normalized spacial score (nSPS) is 18.8. The van der Waals surface area contributed by atoms with Crippen LogP contribution in [-0.4, -0.2) is 68.6 Å². The number of aliphatic hydroxyl groups is 1. The minimum atomic E-state index is -3.40. The number of thiophene rings is 1. The summed E-state index contributed by atoms with van der Waals surface area (Å²) in [5.74, 6) is 0. The highest BCUT2D eigenvalue weighted by molar-refractivity contribution is 7.91. The minimum Gasteiger partial charge on any atom is -0.395 e. The molecule has 1 aromatic heterocycles. The average molecular weight is 333 g/mol. The third-order valence-corrected chi connectivity index (χ3v) is 7.10. The van der Waals surface area contributed by atoms with E-state index in [4.69, 9.17) is 10.8 Å². The molecule has 0 spiro atoms. The van der Waals surface area contributed by atoms with Crippen LogP contribution in [-0.2, 0) is 16.4 Å². The molecule has 2 rings (SSSR count). The molecule has 2 heterocycles. The molecule has 21 heavy (non-hydrogen) atoms. The first kappa shape index (κ1) is 16.9. The Hall–Kier alpha value is -0.510. The highest BCUT2D eigenvalue weighted by Gasteiger charge is 2.28. The predicted octanol–water partition coefficient (Wildman–Crippen LogP) is -0.0620. The van der Waals surface area contributed by atoms with Crippen LogP contribution in [0.2, 0.25) is 0 Å². The fourth-order valence-corrected chi connectivity index (χ4v) is 5.45. The van der Waals surface area contributed by atoms with Crippen LogP contribution < -0.4 is 5.73 Å². The second-order valence-corrected chi connectivity index (χ2v) is 8.42. The second kappa shape index (κ2) is 7.66. The smallest absolute Gasteiger partial charge is 0.252 e. The number of sulfonamides is 1. The van der Waals surface area contributed by atoms with Crippen molar-refractivity contribution in [3.8, 4) is 0 Å². The largest absolute Gasteiger partial charge is 0.395 e. The molecular formula is C13H23N3O3S2. The van der Waals surface area contributed by atoms with Gasteiger partial charge in [0.25, 0.3) is 10.0 Å². The average Bonchev–Trinajstić information content (AvgIpc) is 2.79. The van der Waals surface area contributed by atoms with E-state index in [2.05, 4.69) is 4.90 Å². The zero-order valence-corrected chi connectivity index (χ0v) is 13.7. The van der Waals surface area contributed by atoms with Crippen LogP contribution in [0.3, 0.4) is 0 Å². The maximum absolute atomic E-state index is 12.7. The van der Waals surface area contributed by atoms with Crippen LogP contribution in [0.25, 0.3) is 0 Å². The summed E-state index contributed by atoms with van der Waals surface area (Å²) < 4.78 is 27.3. The van der Waals surface area contributed by atoms with Crippen LogP contribution in [0.4, 0.5) is 0 Å². The predicted molar refractivity (Wildman–Crippen MR) is 84.0 cm³/mol. The first-order valence-corrected chi connectivity index (χ1v) is 9.45. The van der Waals surface area contributed by atoms with E-state index in [1.54, 1.807) is 10.4 Å². The molecule has 0 aliphatic carbocycles. The molecule has 8 heteroatoms. The summed E-state index contributed by atoms with van der Waals surface area (Å²) in [7, 11) is -3.40. The first-order chi connectivity index (χ1) is 10.1. The maximum Gasteiger partial charge on any atom is 0.252 e. The Balaban J connectivity index is 2.07. The number of aliphatic hydroxyl groups excluding tert-OH is 1. The number of nitrogens with zero attached hydrogens (tertiary/aromatic N) is 2. The lowest BCUT2D eigenvalue weighted by Crippen LogP contribution is -2.35. The van der Waals surface area contributed by atoms with E-state index < -0.39 is 10.0 Å². The molecule has 1 fully saturated rings. The molecule has 6 nitrogen and oxygen atoms in total. The van der Waals surface area contributed by atoms with Gasteiger partial charge in [-0.05, 0) is 38.1 Å². The second-order valence-electron chi connectivity index (χ2n) is 5.08. The monoisotopic (exact) mass is 333 g/mol. The maximum atomic E-state index is 12.7. The summed E-state index contributed by atoms with van der Waals surface area (Å²) in [6.07, 6.45) is 1.50. The van der Waals surface area contributed by atoms with Gasteiger partial charge in [0, 0.05) is 31.1 Å². The third-order valence-electron chi connectivity index (χ3n) is 3.59. The summed E-state index contributed by atoms with van der Waals surface area (Å²) in [4.78, 5) is 3.11. The Kier molecular flexibility index (Phi) is 6.15. The molecule has 0 bridgehead atoms. The molecule has 0 atom stereocenters. The lowest BCUT2D eigenvalue weighted by Gasteiger charge is -2.20. The zero-order valence-electron chi connectivity index (χ0n) is 12.1. The van der Waals surface area contributed by atoms with Gasteiger partial charge in [0.2, 0.25) is 0 Å². The van der Waals surface area contributed by atoms with Crippen LogP contribution in [0, 0.1) is 0 Å². The fraction of sp³-hybridized carbons (Fsp3) is 0.692. The Morgan fingerprint density at radius 2 is 2.05 bits per heavy atom. The lowest BCUT2D eigenvalue weighted by atomic mass is 10.3. The van der Waals surface area contributed by atoms with Crippen molar-refractivity contribution in [2.24, 2.45) is 5.73 Å². The topological polar surface area (TPSA) is 86.9 Å². The van der Waals surface area contributed by atoms with Crippen molar-refractivity contribution >= 4 is 21.4 Å². The highest BCUT2D eigenvalue weighted by atomic mass is 32.2. The standard InChI is InChI=1S/C13H23N3O3S2/c14-5-4-12-2-3-13(20-12)21(18,19)16-7-1-6-15(8-9-16)10-11-17/h2-3,17H,1,4-11,14H2. The highest BCUT2D eigenvalue weighted by Crippen LogP contribution is 2.25. The van der Waals surface area contributed by atoms with Gasteiger partial charge in [0.05, 0.1) is 6.61 Å². The first-order valence-electron chi connectivity index (χ1n) is 7.20. The van der Waals surface area contributed by atoms with Gasteiger partial charge in [0.1, 0.15) is 4.21 Å². The van der Waals surface area contributed by atoms with Crippen molar-refractivity contribution < 1.29 is 13.5 Å². The quantitative estimate of drug-likeness (QED) is 0.761. The van der Waals surface area contributed by atoms with Gasteiger partial charge in [-0.3, -0.25) is 4.90 Å². The summed E-state index contributed by atoms with van der Waals surface area (Å²) in [5.41, 5.74) is 5.51. The molecule has 1 aromatic rings. The van der Waals surface area contributed by atoms with Crippen LogP contribution in [0.1, 0.15) is 11.3 Å². The van der Waals surface area contributed by atoms with E-state index in [9.17, 15) is 8.42 Å². The molecular weight excluding hydrogens is 310 g/mol. The van der Waals surface area contributed by atoms with Crippen molar-refractivity contribution in [2.45, 2.75) is 17.1 Å². The van der Waals surface area contributed by atoms with Crippen molar-refractivity contribution in [1.82, 2.24) is 9.21 Å². The number of β-amino-alcohol motifs (C(OH)–C–C–N with tert-alkyl or cyclic N) is 1. The third kappa shape index (κ3) is 4.24. The van der Waals surface area contributed by atoms with Crippen molar-refractivity contribution in [1.29, 1.82) is 0 Å². The zero-order chi connectivity index (χ0) is 15.3. The van der Waals surface area contributed by atoms with E-state index in [1.165, 1.54) is 11.3 Å². The molecule has 1 aliphatic rings. The van der Waals surface area contributed by atoms with E-state index in [1.807, 2.05) is 6.07 Å². The molecule has 0 aromatic carbocycles. The van der Waals surface area contributed by atoms with E-state index in [0.29, 0.717) is 43.4 Å². The number of hydrogen-bond acceptors (Lipinski definition) is 6. The lowest BCUT2D eigenvalue weighted by molar-refractivity contribution is 0.202. The van der Waals surface area contributed by atoms with E-state index >= 15 is 0 Å². The van der Waals surface area contributed by atoms with Gasteiger partial charge in [-0.1, -0.05) is 0 Å². The SMILES string of the molecule is NCCc1ccc(S(=O)(=O)N2CCCN(CCO)CC2)s1. The summed E-state index contributed by atoms with van der Waals surface area (Å²) in [6, 6.07) is 3.53. The van der Waals surface area contributed by atoms with E-state index in [-0.39, 0.29) is 6.61 Å². The Morgan fingerprint density at radius 1 is 1.24 bits per heavy atom. The van der Waals surface area contributed by atoms with Gasteiger partial charge in [-0.15, -0.1) is 11.3 Å².